The maximum atomic E-state index is 4.70. The van der Waals surface area contributed by atoms with Gasteiger partial charge in [-0.1, -0.05) is 32.0 Å². The number of para-hydroxylation sites is 1. The van der Waals surface area contributed by atoms with E-state index in [0.29, 0.717) is 5.92 Å². The minimum absolute atomic E-state index is 0. The van der Waals surface area contributed by atoms with Crippen molar-refractivity contribution in [3.63, 3.8) is 0 Å². The van der Waals surface area contributed by atoms with Gasteiger partial charge in [-0.15, -0.1) is 35.3 Å². The molecule has 0 bridgehead atoms. The highest BCUT2D eigenvalue weighted by atomic mass is 127. The average Bonchev–Trinajstić information content (AvgIpc) is 3.29. The molecule has 3 rings (SSSR count). The lowest BCUT2D eigenvalue weighted by molar-refractivity contribution is 0.793. The highest BCUT2D eigenvalue weighted by Crippen LogP contribution is 2.19. The Kier molecular flexibility index (Phi) is 9.24. The van der Waals surface area contributed by atoms with Gasteiger partial charge < -0.3 is 15.6 Å². The minimum atomic E-state index is 0. The summed E-state index contributed by atoms with van der Waals surface area (Å²) in [7, 11) is 0. The third kappa shape index (κ3) is 6.20. The Balaban J connectivity index is 0.00000280. The molecule has 0 atom stereocenters. The monoisotopic (exact) mass is 511 g/mol. The number of benzene rings is 1. The Bertz CT molecular complexity index is 884. The number of guanidine groups is 1. The quantitative estimate of drug-likeness (QED) is 0.233. The molecule has 3 N–H and O–H groups in total. The van der Waals surface area contributed by atoms with E-state index in [-0.39, 0.29) is 24.0 Å². The van der Waals surface area contributed by atoms with Crippen LogP contribution >= 0.6 is 35.3 Å². The first-order valence-corrected chi connectivity index (χ1v) is 10.6. The van der Waals surface area contributed by atoms with Gasteiger partial charge in [0.2, 0.25) is 0 Å². The summed E-state index contributed by atoms with van der Waals surface area (Å²) in [6.07, 6.45) is 3.94. The number of aromatic nitrogens is 2. The zero-order valence-corrected chi connectivity index (χ0v) is 19.9. The lowest BCUT2D eigenvalue weighted by Crippen LogP contribution is -2.38. The van der Waals surface area contributed by atoms with E-state index in [1.165, 1.54) is 21.5 Å². The van der Waals surface area contributed by atoms with Crippen LogP contribution in [-0.4, -0.2) is 35.6 Å². The number of nitrogens with zero attached hydrogens (tertiary/aromatic N) is 2. The van der Waals surface area contributed by atoms with Crippen molar-refractivity contribution in [2.45, 2.75) is 39.5 Å². The van der Waals surface area contributed by atoms with E-state index >= 15 is 0 Å². The second-order valence-corrected chi connectivity index (χ2v) is 7.77. The molecule has 3 aromatic rings. The number of aliphatic imine (C=N–C) groups is 1. The first-order chi connectivity index (χ1) is 13.2. The summed E-state index contributed by atoms with van der Waals surface area (Å²) in [6.45, 7) is 8.90. The number of thiazole rings is 1. The van der Waals surface area contributed by atoms with E-state index in [1.807, 2.05) is 0 Å². The minimum Gasteiger partial charge on any atom is -0.361 e. The molecule has 0 saturated heterocycles. The molecule has 0 saturated carbocycles. The fourth-order valence-corrected chi connectivity index (χ4v) is 3.85. The molecule has 0 unspecified atom stereocenters. The fourth-order valence-electron chi connectivity index (χ4n) is 2.98. The molecule has 2 heterocycles. The molecule has 0 spiro atoms. The van der Waals surface area contributed by atoms with Crippen molar-refractivity contribution in [3.8, 4) is 0 Å². The van der Waals surface area contributed by atoms with Crippen LogP contribution in [0.15, 0.2) is 40.8 Å². The van der Waals surface area contributed by atoms with Crippen molar-refractivity contribution >= 4 is 52.2 Å². The van der Waals surface area contributed by atoms with Crippen LogP contribution in [-0.2, 0) is 12.8 Å². The maximum Gasteiger partial charge on any atom is 0.191 e. The smallest absolute Gasteiger partial charge is 0.191 e. The molecular weight excluding hydrogens is 481 g/mol. The van der Waals surface area contributed by atoms with E-state index in [1.54, 1.807) is 11.3 Å². The van der Waals surface area contributed by atoms with Crippen molar-refractivity contribution in [3.05, 3.63) is 52.1 Å². The lowest BCUT2D eigenvalue weighted by Gasteiger charge is -2.11. The summed E-state index contributed by atoms with van der Waals surface area (Å²) >= 11 is 1.75. The van der Waals surface area contributed by atoms with Crippen LogP contribution in [0.5, 0.6) is 0 Å². The molecule has 2 aromatic heterocycles. The predicted octanol–water partition coefficient (Wildman–Crippen LogP) is 4.71. The van der Waals surface area contributed by atoms with E-state index in [9.17, 15) is 0 Å². The zero-order chi connectivity index (χ0) is 19.1. The molecular formula is C21H30IN5S. The van der Waals surface area contributed by atoms with Gasteiger partial charge >= 0.3 is 0 Å². The second kappa shape index (κ2) is 11.4. The number of hydrogen-bond donors (Lipinski definition) is 3. The lowest BCUT2D eigenvalue weighted by atomic mass is 10.1. The predicted molar refractivity (Wildman–Crippen MR) is 131 cm³/mol. The van der Waals surface area contributed by atoms with E-state index in [4.69, 9.17) is 4.99 Å². The molecule has 28 heavy (non-hydrogen) atoms. The van der Waals surface area contributed by atoms with Gasteiger partial charge in [0.1, 0.15) is 0 Å². The third-order valence-electron chi connectivity index (χ3n) is 4.41. The van der Waals surface area contributed by atoms with E-state index < -0.39 is 0 Å². The van der Waals surface area contributed by atoms with E-state index in [2.05, 4.69) is 77.2 Å². The molecule has 0 fully saturated rings. The van der Waals surface area contributed by atoms with Gasteiger partial charge in [-0.2, -0.15) is 0 Å². The number of H-pyrrole nitrogens is 1. The largest absolute Gasteiger partial charge is 0.361 e. The van der Waals surface area contributed by atoms with Crippen LogP contribution in [0.4, 0.5) is 0 Å². The number of nitrogens with one attached hydrogen (secondary N) is 3. The maximum absolute atomic E-state index is 4.70. The Labute approximate surface area is 188 Å². The molecule has 7 heteroatoms. The number of halogens is 1. The second-order valence-electron chi connectivity index (χ2n) is 6.88. The van der Waals surface area contributed by atoms with Crippen molar-refractivity contribution in [1.82, 2.24) is 20.6 Å². The first-order valence-electron chi connectivity index (χ1n) is 9.68. The number of rotatable bonds is 8. The van der Waals surface area contributed by atoms with Gasteiger partial charge in [0.05, 0.1) is 10.7 Å². The van der Waals surface area contributed by atoms with Gasteiger partial charge in [-0.25, -0.2) is 4.98 Å². The Morgan fingerprint density at radius 3 is 2.79 bits per heavy atom. The van der Waals surface area contributed by atoms with Crippen molar-refractivity contribution in [2.24, 2.45) is 4.99 Å². The summed E-state index contributed by atoms with van der Waals surface area (Å²) in [5, 5.41) is 11.4. The standard InChI is InChI=1S/C21H29N5S.HI/c1-4-22-21(24-12-10-17-14-27-20(26-17)15(2)3)23-11-9-16-13-25-19-8-6-5-7-18(16)19;/h5-8,13-15,25H,4,9-12H2,1-3H3,(H2,22,23,24);1H. The van der Waals surface area contributed by atoms with Crippen LogP contribution in [0, 0.1) is 0 Å². The van der Waals surface area contributed by atoms with Crippen LogP contribution in [0.2, 0.25) is 0 Å². The molecule has 1 aromatic carbocycles. The summed E-state index contributed by atoms with van der Waals surface area (Å²) in [6, 6.07) is 8.42. The van der Waals surface area contributed by atoms with E-state index in [0.717, 1.165) is 44.1 Å². The van der Waals surface area contributed by atoms with Crippen molar-refractivity contribution in [1.29, 1.82) is 0 Å². The van der Waals surface area contributed by atoms with Crippen molar-refractivity contribution in [2.75, 3.05) is 19.6 Å². The Morgan fingerprint density at radius 1 is 1.21 bits per heavy atom. The molecule has 0 amide bonds. The fraction of sp³-hybridized carbons (Fsp3) is 0.429. The average molecular weight is 511 g/mol. The first kappa shape index (κ1) is 22.7. The number of fused-ring (bicyclic) bond motifs is 1. The highest BCUT2D eigenvalue weighted by molar-refractivity contribution is 14.0. The summed E-state index contributed by atoms with van der Waals surface area (Å²) in [5.41, 5.74) is 3.66. The third-order valence-corrected chi connectivity index (χ3v) is 5.60. The topological polar surface area (TPSA) is 65.1 Å². The summed E-state index contributed by atoms with van der Waals surface area (Å²) in [5.74, 6) is 1.37. The summed E-state index contributed by atoms with van der Waals surface area (Å²) < 4.78 is 0. The highest BCUT2D eigenvalue weighted by Gasteiger charge is 2.06. The number of hydrogen-bond acceptors (Lipinski definition) is 3. The van der Waals surface area contributed by atoms with Crippen LogP contribution in [0.3, 0.4) is 0 Å². The Morgan fingerprint density at radius 2 is 2.04 bits per heavy atom. The molecule has 0 aliphatic rings. The molecule has 0 aliphatic carbocycles. The van der Waals surface area contributed by atoms with Gasteiger partial charge in [0.25, 0.3) is 0 Å². The number of aromatic amines is 1. The molecule has 5 nitrogen and oxygen atoms in total. The van der Waals surface area contributed by atoms with Gasteiger partial charge in [-0.05, 0) is 25.0 Å². The molecule has 0 aliphatic heterocycles. The normalized spacial score (nSPS) is 11.6. The Hall–Kier alpha value is -1.61. The van der Waals surface area contributed by atoms with Gasteiger partial charge in [0, 0.05) is 54.5 Å². The van der Waals surface area contributed by atoms with Gasteiger partial charge in [-0.3, -0.25) is 4.99 Å². The zero-order valence-electron chi connectivity index (χ0n) is 16.8. The SMILES string of the molecule is CCNC(=NCCc1csc(C(C)C)n1)NCCc1c[nH]c2ccccc12.I. The van der Waals surface area contributed by atoms with Crippen molar-refractivity contribution < 1.29 is 0 Å². The van der Waals surface area contributed by atoms with Gasteiger partial charge in [0.15, 0.2) is 5.96 Å². The van der Waals surface area contributed by atoms with Crippen LogP contribution in [0.1, 0.15) is 43.0 Å². The van der Waals surface area contributed by atoms with Crippen LogP contribution < -0.4 is 10.6 Å². The summed E-state index contributed by atoms with van der Waals surface area (Å²) in [4.78, 5) is 12.7. The molecule has 0 radical (unpaired) electrons. The van der Waals surface area contributed by atoms with Crippen LogP contribution in [0.25, 0.3) is 10.9 Å². The molecule has 152 valence electrons.